The van der Waals surface area contributed by atoms with Gasteiger partial charge in [0, 0.05) is 0 Å². The Labute approximate surface area is 121 Å². The van der Waals surface area contributed by atoms with Crippen LogP contribution in [0.25, 0.3) is 0 Å². The Morgan fingerprint density at radius 2 is 1.11 bits per heavy atom. The predicted octanol–water partition coefficient (Wildman–Crippen LogP) is 3.76. The molecule has 0 aliphatic carbocycles. The summed E-state index contributed by atoms with van der Waals surface area (Å²) >= 11 is 11.8. The zero-order chi connectivity index (χ0) is 13.9. The van der Waals surface area contributed by atoms with Crippen molar-refractivity contribution in [1.29, 1.82) is 0 Å². The van der Waals surface area contributed by atoms with E-state index in [1.807, 2.05) is 0 Å². The van der Waals surface area contributed by atoms with Crippen LogP contribution in [0.4, 0.5) is 11.4 Å². The third-order valence-electron chi connectivity index (χ3n) is 2.24. The Morgan fingerprint density at radius 3 is 1.47 bits per heavy atom. The molecule has 0 aromatic heterocycles. The molecule has 0 atom stereocenters. The topological polar surface area (TPSA) is 58.2 Å². The van der Waals surface area contributed by atoms with Crippen molar-refractivity contribution in [3.63, 3.8) is 0 Å². The lowest BCUT2D eigenvalue weighted by Crippen LogP contribution is -2.21. The van der Waals surface area contributed by atoms with Crippen LogP contribution in [0.1, 0.15) is 0 Å². The fraction of sp³-hybridized carbons (Fsp3) is 0. The Morgan fingerprint density at radius 1 is 0.737 bits per heavy atom. The quantitative estimate of drug-likeness (QED) is 0.902. The van der Waals surface area contributed by atoms with Crippen LogP contribution < -0.4 is 9.44 Å². The SMILES string of the molecule is O=S(=O)(Nc1ccccc1Cl)Nc1ccccc1Cl. The Bertz CT molecular complexity index is 636. The molecule has 0 unspecified atom stereocenters. The molecular formula is C12H10Cl2N2O2S. The van der Waals surface area contributed by atoms with Crippen LogP contribution in [-0.2, 0) is 10.2 Å². The molecular weight excluding hydrogens is 307 g/mol. The highest BCUT2D eigenvalue weighted by atomic mass is 35.5. The molecule has 0 spiro atoms. The summed E-state index contributed by atoms with van der Waals surface area (Å²) in [4.78, 5) is 0. The van der Waals surface area contributed by atoms with E-state index < -0.39 is 10.2 Å². The van der Waals surface area contributed by atoms with E-state index in [0.717, 1.165) is 0 Å². The highest BCUT2D eigenvalue weighted by molar-refractivity contribution is 7.94. The minimum Gasteiger partial charge on any atom is -0.265 e. The first-order chi connectivity index (χ1) is 8.98. The van der Waals surface area contributed by atoms with Crippen LogP contribution >= 0.6 is 23.2 Å². The normalized spacial score (nSPS) is 11.1. The molecule has 0 amide bonds. The summed E-state index contributed by atoms with van der Waals surface area (Å²) in [6.07, 6.45) is 0. The van der Waals surface area contributed by atoms with Gasteiger partial charge in [-0.2, -0.15) is 8.42 Å². The molecule has 2 aromatic carbocycles. The third-order valence-corrected chi connectivity index (χ3v) is 3.87. The molecule has 0 saturated heterocycles. The molecule has 7 heteroatoms. The second-order valence-corrected chi connectivity index (χ2v) is 5.90. The standard InChI is InChI=1S/C12H10Cl2N2O2S/c13-9-5-1-3-7-11(9)15-19(17,18)16-12-8-4-2-6-10(12)14/h1-8,15-16H. The van der Waals surface area contributed by atoms with Gasteiger partial charge < -0.3 is 0 Å². The second-order valence-electron chi connectivity index (χ2n) is 3.67. The summed E-state index contributed by atoms with van der Waals surface area (Å²) in [5.41, 5.74) is 0.590. The number of rotatable bonds is 4. The molecule has 0 heterocycles. The molecule has 0 radical (unpaired) electrons. The smallest absolute Gasteiger partial charge is 0.265 e. The van der Waals surface area contributed by atoms with Crippen molar-refractivity contribution in [3.05, 3.63) is 58.6 Å². The maximum atomic E-state index is 11.9. The van der Waals surface area contributed by atoms with Gasteiger partial charge in [0.15, 0.2) is 0 Å². The van der Waals surface area contributed by atoms with Gasteiger partial charge in [0.2, 0.25) is 0 Å². The van der Waals surface area contributed by atoms with E-state index in [4.69, 9.17) is 23.2 Å². The summed E-state index contributed by atoms with van der Waals surface area (Å²) in [6, 6.07) is 13.1. The lowest BCUT2D eigenvalue weighted by atomic mass is 10.3. The summed E-state index contributed by atoms with van der Waals surface area (Å²) < 4.78 is 28.5. The minimum absolute atomic E-state index is 0.295. The zero-order valence-corrected chi connectivity index (χ0v) is 11.9. The monoisotopic (exact) mass is 316 g/mol. The molecule has 0 fully saturated rings. The summed E-state index contributed by atoms with van der Waals surface area (Å²) in [5, 5.41) is 0.624. The highest BCUT2D eigenvalue weighted by Crippen LogP contribution is 2.24. The zero-order valence-electron chi connectivity index (χ0n) is 9.60. The maximum Gasteiger partial charge on any atom is 0.321 e. The van der Waals surface area contributed by atoms with E-state index in [2.05, 4.69) is 9.44 Å². The van der Waals surface area contributed by atoms with Gasteiger partial charge in [0.05, 0.1) is 21.4 Å². The van der Waals surface area contributed by atoms with Crippen LogP contribution in [0, 0.1) is 0 Å². The van der Waals surface area contributed by atoms with E-state index in [9.17, 15) is 8.42 Å². The number of para-hydroxylation sites is 2. The van der Waals surface area contributed by atoms with Crippen molar-refractivity contribution >= 4 is 44.8 Å². The van der Waals surface area contributed by atoms with E-state index >= 15 is 0 Å². The molecule has 4 nitrogen and oxygen atoms in total. The van der Waals surface area contributed by atoms with Crippen LogP contribution in [0.5, 0.6) is 0 Å². The average molecular weight is 317 g/mol. The molecule has 0 saturated carbocycles. The van der Waals surface area contributed by atoms with Crippen LogP contribution in [0.2, 0.25) is 10.0 Å². The van der Waals surface area contributed by atoms with Crippen molar-refractivity contribution in [1.82, 2.24) is 0 Å². The van der Waals surface area contributed by atoms with Gasteiger partial charge in [-0.15, -0.1) is 0 Å². The number of benzene rings is 2. The Kier molecular flexibility index (Phi) is 4.19. The van der Waals surface area contributed by atoms with Crippen molar-refractivity contribution in [2.45, 2.75) is 0 Å². The van der Waals surface area contributed by atoms with E-state index in [1.54, 1.807) is 48.5 Å². The van der Waals surface area contributed by atoms with Gasteiger partial charge in [0.25, 0.3) is 0 Å². The van der Waals surface area contributed by atoms with E-state index in [0.29, 0.717) is 21.4 Å². The van der Waals surface area contributed by atoms with Crippen LogP contribution in [-0.4, -0.2) is 8.42 Å². The third kappa shape index (κ3) is 3.76. The first-order valence-corrected chi connectivity index (χ1v) is 7.51. The number of hydrogen-bond donors (Lipinski definition) is 2. The summed E-state index contributed by atoms with van der Waals surface area (Å²) in [7, 11) is -3.80. The van der Waals surface area contributed by atoms with Gasteiger partial charge in [-0.3, -0.25) is 9.44 Å². The molecule has 0 aliphatic rings. The van der Waals surface area contributed by atoms with Gasteiger partial charge in [0.1, 0.15) is 0 Å². The number of nitrogens with one attached hydrogen (secondary N) is 2. The molecule has 0 aliphatic heterocycles. The van der Waals surface area contributed by atoms with Gasteiger partial charge >= 0.3 is 10.2 Å². The Hall–Kier alpha value is -1.43. The molecule has 2 rings (SSSR count). The lowest BCUT2D eigenvalue weighted by molar-refractivity contribution is 0.606. The van der Waals surface area contributed by atoms with Crippen LogP contribution in [0.15, 0.2) is 48.5 Å². The van der Waals surface area contributed by atoms with E-state index in [1.165, 1.54) is 0 Å². The summed E-state index contributed by atoms with van der Waals surface area (Å²) in [6.45, 7) is 0. The first-order valence-electron chi connectivity index (χ1n) is 5.27. The minimum atomic E-state index is -3.80. The van der Waals surface area contributed by atoms with Gasteiger partial charge in [-0.1, -0.05) is 47.5 Å². The number of anilines is 2. The molecule has 19 heavy (non-hydrogen) atoms. The van der Waals surface area contributed by atoms with Crippen molar-refractivity contribution in [3.8, 4) is 0 Å². The molecule has 2 aromatic rings. The van der Waals surface area contributed by atoms with E-state index in [-0.39, 0.29) is 0 Å². The van der Waals surface area contributed by atoms with Crippen LogP contribution in [0.3, 0.4) is 0 Å². The number of hydrogen-bond acceptors (Lipinski definition) is 2. The van der Waals surface area contributed by atoms with Gasteiger partial charge in [-0.25, -0.2) is 0 Å². The fourth-order valence-electron chi connectivity index (χ4n) is 1.40. The average Bonchev–Trinajstić information content (AvgIpc) is 2.35. The first kappa shape index (κ1) is 14.0. The molecule has 100 valence electrons. The number of halogens is 2. The highest BCUT2D eigenvalue weighted by Gasteiger charge is 2.13. The summed E-state index contributed by atoms with van der Waals surface area (Å²) in [5.74, 6) is 0. The molecule has 2 N–H and O–H groups in total. The van der Waals surface area contributed by atoms with Crippen molar-refractivity contribution < 1.29 is 8.42 Å². The lowest BCUT2D eigenvalue weighted by Gasteiger charge is -2.12. The second kappa shape index (κ2) is 5.69. The van der Waals surface area contributed by atoms with Crippen molar-refractivity contribution in [2.24, 2.45) is 0 Å². The fourth-order valence-corrected chi connectivity index (χ4v) is 2.87. The largest absolute Gasteiger partial charge is 0.321 e. The maximum absolute atomic E-state index is 11.9. The van der Waals surface area contributed by atoms with Gasteiger partial charge in [-0.05, 0) is 24.3 Å². The van der Waals surface area contributed by atoms with Crippen molar-refractivity contribution in [2.75, 3.05) is 9.44 Å². The molecule has 0 bridgehead atoms. The Balaban J connectivity index is 2.21. The predicted molar refractivity (Wildman–Crippen MR) is 79.1 cm³/mol.